The Morgan fingerprint density at radius 2 is 2.03 bits per heavy atom. The first-order chi connectivity index (χ1) is 15.5. The van der Waals surface area contributed by atoms with Crippen LogP contribution in [0.2, 0.25) is 0 Å². The largest absolute Gasteiger partial charge is 0.368 e. The highest BCUT2D eigenvalue weighted by Crippen LogP contribution is 2.36. The van der Waals surface area contributed by atoms with Gasteiger partial charge in [0.2, 0.25) is 5.91 Å². The lowest BCUT2D eigenvalue weighted by Gasteiger charge is -2.29. The standard InChI is InChI=1S/C27H32N2O3/c1-3-14-28-26(31)27(13-15-29(19-27)25(30)24-8-5-16-32-24)18-21-6-4-7-23(17-21)22-11-9-20(2)10-12-22/h3-4,6-7,9-12,17,24H,1,5,8,13-16,18-19H2,2H3,(H,28,31)/t24-,27-/m0/s1. The Bertz CT molecular complexity index is 979. The molecule has 5 heteroatoms. The van der Waals surface area contributed by atoms with E-state index in [4.69, 9.17) is 4.74 Å². The van der Waals surface area contributed by atoms with Gasteiger partial charge in [-0.1, -0.05) is 60.2 Å². The lowest BCUT2D eigenvalue weighted by Crippen LogP contribution is -2.46. The van der Waals surface area contributed by atoms with Gasteiger partial charge in [-0.2, -0.15) is 0 Å². The number of ether oxygens (including phenoxy) is 1. The van der Waals surface area contributed by atoms with Gasteiger partial charge in [-0.3, -0.25) is 9.59 Å². The molecule has 0 radical (unpaired) electrons. The lowest BCUT2D eigenvalue weighted by molar-refractivity contribution is -0.141. The van der Waals surface area contributed by atoms with E-state index in [1.165, 1.54) is 5.56 Å². The minimum Gasteiger partial charge on any atom is -0.368 e. The summed E-state index contributed by atoms with van der Waals surface area (Å²) in [6, 6.07) is 16.8. The van der Waals surface area contributed by atoms with Crippen molar-refractivity contribution >= 4 is 11.8 Å². The number of hydrogen-bond donors (Lipinski definition) is 1. The van der Waals surface area contributed by atoms with Crippen molar-refractivity contribution in [2.75, 3.05) is 26.2 Å². The summed E-state index contributed by atoms with van der Waals surface area (Å²) >= 11 is 0. The topological polar surface area (TPSA) is 58.6 Å². The molecule has 2 heterocycles. The van der Waals surface area contributed by atoms with Gasteiger partial charge in [0.05, 0.1) is 5.41 Å². The smallest absolute Gasteiger partial charge is 0.251 e. The van der Waals surface area contributed by atoms with E-state index in [0.29, 0.717) is 39.1 Å². The Morgan fingerprint density at radius 1 is 1.22 bits per heavy atom. The third-order valence-electron chi connectivity index (χ3n) is 6.61. The van der Waals surface area contributed by atoms with Crippen molar-refractivity contribution in [1.29, 1.82) is 0 Å². The SMILES string of the molecule is C=CCNC(=O)[C@]1(Cc2cccc(-c3ccc(C)cc3)c2)CCN(C(=O)[C@@H]2CCCO2)C1. The number of benzene rings is 2. The van der Waals surface area contributed by atoms with Gasteiger partial charge in [0, 0.05) is 26.2 Å². The Labute approximate surface area is 190 Å². The Balaban J connectivity index is 1.57. The number of carbonyl (C=O) groups is 2. The molecule has 2 amide bonds. The lowest BCUT2D eigenvalue weighted by atomic mass is 9.79. The molecule has 168 valence electrons. The fourth-order valence-corrected chi connectivity index (χ4v) is 4.80. The zero-order valence-electron chi connectivity index (χ0n) is 18.8. The third kappa shape index (κ3) is 4.78. The van der Waals surface area contributed by atoms with Crippen LogP contribution in [0.15, 0.2) is 61.2 Å². The molecule has 2 aromatic rings. The van der Waals surface area contributed by atoms with Gasteiger partial charge in [-0.05, 0) is 49.3 Å². The second-order valence-electron chi connectivity index (χ2n) is 9.03. The molecule has 2 fully saturated rings. The average Bonchev–Trinajstić information content (AvgIpc) is 3.49. The van der Waals surface area contributed by atoms with E-state index in [2.05, 4.69) is 61.3 Å². The Hall–Kier alpha value is -2.92. The van der Waals surface area contributed by atoms with Crippen molar-refractivity contribution in [2.45, 2.75) is 38.7 Å². The van der Waals surface area contributed by atoms with Gasteiger partial charge in [0.1, 0.15) is 6.10 Å². The van der Waals surface area contributed by atoms with E-state index in [1.807, 2.05) is 11.0 Å². The van der Waals surface area contributed by atoms with Crippen LogP contribution in [0.1, 0.15) is 30.4 Å². The fourth-order valence-electron chi connectivity index (χ4n) is 4.80. The molecule has 4 rings (SSSR count). The first-order valence-corrected chi connectivity index (χ1v) is 11.5. The molecule has 2 aliphatic rings. The third-order valence-corrected chi connectivity index (χ3v) is 6.61. The van der Waals surface area contributed by atoms with Crippen LogP contribution in [-0.2, 0) is 20.7 Å². The number of amides is 2. The van der Waals surface area contributed by atoms with Crippen molar-refractivity contribution < 1.29 is 14.3 Å². The Kier molecular flexibility index (Phi) is 6.75. The molecule has 0 aliphatic carbocycles. The van der Waals surface area contributed by atoms with Crippen LogP contribution < -0.4 is 5.32 Å². The predicted octanol–water partition coefficient (Wildman–Crippen LogP) is 3.90. The number of rotatable bonds is 7. The van der Waals surface area contributed by atoms with Crippen LogP contribution in [0.5, 0.6) is 0 Å². The average molecular weight is 433 g/mol. The monoisotopic (exact) mass is 432 g/mol. The van der Waals surface area contributed by atoms with Crippen molar-refractivity contribution in [2.24, 2.45) is 5.41 Å². The summed E-state index contributed by atoms with van der Waals surface area (Å²) in [6.07, 6.45) is 4.25. The maximum atomic E-state index is 13.3. The minimum atomic E-state index is -0.650. The van der Waals surface area contributed by atoms with Gasteiger partial charge < -0.3 is 15.0 Å². The minimum absolute atomic E-state index is 0.0132. The quantitative estimate of drug-likeness (QED) is 0.675. The zero-order valence-corrected chi connectivity index (χ0v) is 18.8. The summed E-state index contributed by atoms with van der Waals surface area (Å²) in [6.45, 7) is 7.86. The van der Waals surface area contributed by atoms with Gasteiger partial charge in [-0.25, -0.2) is 0 Å². The van der Waals surface area contributed by atoms with E-state index >= 15 is 0 Å². The van der Waals surface area contributed by atoms with Crippen LogP contribution >= 0.6 is 0 Å². The molecule has 0 spiro atoms. The number of likely N-dealkylation sites (tertiary alicyclic amines) is 1. The fraction of sp³-hybridized carbons (Fsp3) is 0.407. The van der Waals surface area contributed by atoms with Gasteiger partial charge in [-0.15, -0.1) is 6.58 Å². The molecule has 0 aromatic heterocycles. The van der Waals surface area contributed by atoms with Crippen LogP contribution in [0.4, 0.5) is 0 Å². The molecule has 5 nitrogen and oxygen atoms in total. The first-order valence-electron chi connectivity index (χ1n) is 11.5. The second kappa shape index (κ2) is 9.70. The second-order valence-corrected chi connectivity index (χ2v) is 9.03. The molecular formula is C27H32N2O3. The molecule has 2 atom stereocenters. The van der Waals surface area contributed by atoms with E-state index in [-0.39, 0.29) is 17.9 Å². The molecule has 2 aromatic carbocycles. The van der Waals surface area contributed by atoms with Gasteiger partial charge in [0.25, 0.3) is 5.91 Å². The number of nitrogens with zero attached hydrogens (tertiary/aromatic N) is 1. The highest BCUT2D eigenvalue weighted by atomic mass is 16.5. The van der Waals surface area contributed by atoms with Crippen LogP contribution in [0, 0.1) is 12.3 Å². The summed E-state index contributed by atoms with van der Waals surface area (Å²) in [7, 11) is 0. The normalized spacial score (nSPS) is 22.7. The molecule has 0 unspecified atom stereocenters. The molecule has 1 N–H and O–H groups in total. The van der Waals surface area contributed by atoms with E-state index in [1.54, 1.807) is 6.08 Å². The number of aryl methyl sites for hydroxylation is 1. The Morgan fingerprint density at radius 3 is 2.75 bits per heavy atom. The van der Waals surface area contributed by atoms with Gasteiger partial charge in [0.15, 0.2) is 0 Å². The maximum Gasteiger partial charge on any atom is 0.251 e. The van der Waals surface area contributed by atoms with Crippen LogP contribution in [0.3, 0.4) is 0 Å². The van der Waals surface area contributed by atoms with Crippen molar-refractivity contribution in [3.63, 3.8) is 0 Å². The molecule has 2 saturated heterocycles. The summed E-state index contributed by atoms with van der Waals surface area (Å²) in [5, 5.41) is 2.99. The summed E-state index contributed by atoms with van der Waals surface area (Å²) in [5.41, 5.74) is 3.97. The summed E-state index contributed by atoms with van der Waals surface area (Å²) < 4.78 is 5.61. The zero-order chi connectivity index (χ0) is 22.6. The summed E-state index contributed by atoms with van der Waals surface area (Å²) in [5.74, 6) is 0.00933. The predicted molar refractivity (Wildman–Crippen MR) is 126 cm³/mol. The van der Waals surface area contributed by atoms with E-state index in [0.717, 1.165) is 29.5 Å². The van der Waals surface area contributed by atoms with Crippen molar-refractivity contribution in [1.82, 2.24) is 10.2 Å². The highest BCUT2D eigenvalue weighted by molar-refractivity contribution is 5.87. The number of carbonyl (C=O) groups excluding carboxylic acids is 2. The van der Waals surface area contributed by atoms with Crippen molar-refractivity contribution in [3.05, 3.63) is 72.3 Å². The molecule has 0 bridgehead atoms. The maximum absolute atomic E-state index is 13.3. The number of nitrogens with one attached hydrogen (secondary N) is 1. The molecular weight excluding hydrogens is 400 g/mol. The van der Waals surface area contributed by atoms with Gasteiger partial charge >= 0.3 is 0 Å². The first kappa shape index (κ1) is 22.3. The van der Waals surface area contributed by atoms with Crippen molar-refractivity contribution in [3.8, 4) is 11.1 Å². The molecule has 32 heavy (non-hydrogen) atoms. The summed E-state index contributed by atoms with van der Waals surface area (Å²) in [4.78, 5) is 28.1. The van der Waals surface area contributed by atoms with Crippen LogP contribution in [0.25, 0.3) is 11.1 Å². The molecule has 2 aliphatic heterocycles. The van der Waals surface area contributed by atoms with Crippen LogP contribution in [-0.4, -0.2) is 49.1 Å². The highest BCUT2D eigenvalue weighted by Gasteiger charge is 2.47. The van der Waals surface area contributed by atoms with E-state index in [9.17, 15) is 9.59 Å². The molecule has 0 saturated carbocycles. The van der Waals surface area contributed by atoms with E-state index < -0.39 is 5.41 Å². The number of hydrogen-bond acceptors (Lipinski definition) is 3.